The van der Waals surface area contributed by atoms with E-state index in [1.165, 1.54) is 25.7 Å². The van der Waals surface area contributed by atoms with E-state index < -0.39 is 0 Å². The molecular weight excluding hydrogens is 220 g/mol. The van der Waals surface area contributed by atoms with Crippen LogP contribution in [0.25, 0.3) is 0 Å². The van der Waals surface area contributed by atoms with Gasteiger partial charge in [0.15, 0.2) is 0 Å². The number of nitriles is 1. The van der Waals surface area contributed by atoms with E-state index >= 15 is 0 Å². The summed E-state index contributed by atoms with van der Waals surface area (Å²) in [5, 5.41) is 12.5. The third-order valence-electron chi connectivity index (χ3n) is 3.93. The van der Waals surface area contributed by atoms with Crippen LogP contribution in [0, 0.1) is 23.2 Å². The van der Waals surface area contributed by atoms with Gasteiger partial charge in [-0.05, 0) is 42.9 Å². The Bertz CT molecular complexity index is 419. The summed E-state index contributed by atoms with van der Waals surface area (Å²) in [7, 11) is 0. The summed E-state index contributed by atoms with van der Waals surface area (Å²) in [4.78, 5) is 0. The fraction of sp³-hybridized carbons (Fsp3) is 0.562. The molecule has 2 heteroatoms. The van der Waals surface area contributed by atoms with E-state index in [4.69, 9.17) is 5.26 Å². The van der Waals surface area contributed by atoms with Crippen molar-refractivity contribution in [2.24, 2.45) is 11.8 Å². The smallest absolute Gasteiger partial charge is 0.0995 e. The summed E-state index contributed by atoms with van der Waals surface area (Å²) >= 11 is 0. The molecule has 2 unspecified atom stereocenters. The maximum Gasteiger partial charge on any atom is 0.0995 e. The van der Waals surface area contributed by atoms with Gasteiger partial charge in [-0.1, -0.05) is 38.0 Å². The van der Waals surface area contributed by atoms with Crippen molar-refractivity contribution in [3.05, 3.63) is 35.4 Å². The lowest BCUT2D eigenvalue weighted by molar-refractivity contribution is 0.274. The molecule has 18 heavy (non-hydrogen) atoms. The Balaban J connectivity index is 1.80. The van der Waals surface area contributed by atoms with Crippen LogP contribution in [0.15, 0.2) is 24.3 Å². The lowest BCUT2D eigenvalue weighted by atomic mass is 9.82. The number of hydrogen-bond acceptors (Lipinski definition) is 2. The highest BCUT2D eigenvalue weighted by Gasteiger charge is 2.18. The van der Waals surface area contributed by atoms with Crippen LogP contribution < -0.4 is 5.32 Å². The minimum Gasteiger partial charge on any atom is -0.312 e. The Labute approximate surface area is 110 Å². The molecule has 0 aromatic heterocycles. The lowest BCUT2D eigenvalue weighted by Gasteiger charge is -2.26. The molecule has 0 radical (unpaired) electrons. The monoisotopic (exact) mass is 242 g/mol. The summed E-state index contributed by atoms with van der Waals surface area (Å²) in [6, 6.07) is 10.1. The van der Waals surface area contributed by atoms with Crippen molar-refractivity contribution in [1.29, 1.82) is 5.26 Å². The van der Waals surface area contributed by atoms with Gasteiger partial charge in [0.2, 0.25) is 0 Å². The van der Waals surface area contributed by atoms with Crippen molar-refractivity contribution < 1.29 is 0 Å². The molecule has 0 bridgehead atoms. The molecule has 0 amide bonds. The van der Waals surface area contributed by atoms with Crippen LogP contribution in [0.3, 0.4) is 0 Å². The second-order valence-electron chi connectivity index (χ2n) is 5.54. The van der Waals surface area contributed by atoms with Crippen LogP contribution in [-0.4, -0.2) is 6.54 Å². The number of nitrogens with zero attached hydrogens (tertiary/aromatic N) is 1. The third-order valence-corrected chi connectivity index (χ3v) is 3.93. The molecule has 1 aromatic carbocycles. The van der Waals surface area contributed by atoms with Gasteiger partial charge in [-0.2, -0.15) is 5.26 Å². The van der Waals surface area contributed by atoms with Crippen molar-refractivity contribution in [3.8, 4) is 6.07 Å². The summed E-state index contributed by atoms with van der Waals surface area (Å²) in [6.45, 7) is 4.26. The standard InChI is InChI=1S/C16H22N2/c1-13-5-4-6-14(9-13)11-18-12-16-8-3-2-7-15(16)10-17/h2-3,7-8,13-14,18H,4-6,9,11-12H2,1H3. The van der Waals surface area contributed by atoms with Crippen molar-refractivity contribution in [2.45, 2.75) is 39.2 Å². The molecule has 96 valence electrons. The molecule has 2 nitrogen and oxygen atoms in total. The Hall–Kier alpha value is -1.33. The number of rotatable bonds is 4. The summed E-state index contributed by atoms with van der Waals surface area (Å²) < 4.78 is 0. The van der Waals surface area contributed by atoms with E-state index in [-0.39, 0.29) is 0 Å². The highest BCUT2D eigenvalue weighted by atomic mass is 14.9. The van der Waals surface area contributed by atoms with Gasteiger partial charge in [0, 0.05) is 6.54 Å². The van der Waals surface area contributed by atoms with Gasteiger partial charge in [0.1, 0.15) is 0 Å². The Morgan fingerprint density at radius 2 is 2.17 bits per heavy atom. The number of hydrogen-bond donors (Lipinski definition) is 1. The molecule has 1 N–H and O–H groups in total. The fourth-order valence-corrected chi connectivity index (χ4v) is 2.94. The zero-order valence-corrected chi connectivity index (χ0v) is 11.2. The van der Waals surface area contributed by atoms with E-state index in [1.807, 2.05) is 24.3 Å². The number of nitrogens with one attached hydrogen (secondary N) is 1. The first-order valence-electron chi connectivity index (χ1n) is 6.98. The third kappa shape index (κ3) is 3.58. The van der Waals surface area contributed by atoms with Crippen LogP contribution >= 0.6 is 0 Å². The van der Waals surface area contributed by atoms with Crippen LogP contribution in [0.2, 0.25) is 0 Å². The average molecular weight is 242 g/mol. The Kier molecular flexibility index (Phi) is 4.78. The molecule has 1 saturated carbocycles. The highest BCUT2D eigenvalue weighted by molar-refractivity contribution is 5.37. The van der Waals surface area contributed by atoms with Crippen LogP contribution in [0.1, 0.15) is 43.7 Å². The van der Waals surface area contributed by atoms with Gasteiger partial charge in [0.05, 0.1) is 11.6 Å². The van der Waals surface area contributed by atoms with Gasteiger partial charge >= 0.3 is 0 Å². The fourth-order valence-electron chi connectivity index (χ4n) is 2.94. The van der Waals surface area contributed by atoms with Crippen LogP contribution in [0.4, 0.5) is 0 Å². The first-order chi connectivity index (χ1) is 8.79. The zero-order chi connectivity index (χ0) is 12.8. The predicted molar refractivity (Wildman–Crippen MR) is 74.0 cm³/mol. The molecule has 1 fully saturated rings. The maximum absolute atomic E-state index is 9.02. The quantitative estimate of drug-likeness (QED) is 0.877. The van der Waals surface area contributed by atoms with E-state index in [1.54, 1.807) is 0 Å². The Morgan fingerprint density at radius 1 is 1.33 bits per heavy atom. The van der Waals surface area contributed by atoms with E-state index in [9.17, 15) is 0 Å². The SMILES string of the molecule is CC1CCCC(CNCc2ccccc2C#N)C1. The molecular formula is C16H22N2. The van der Waals surface area contributed by atoms with Crippen LogP contribution in [0.5, 0.6) is 0 Å². The lowest BCUT2D eigenvalue weighted by Crippen LogP contribution is -2.26. The minimum absolute atomic E-state index is 0.794. The van der Waals surface area contributed by atoms with Crippen LogP contribution in [-0.2, 0) is 6.54 Å². The van der Waals surface area contributed by atoms with Crippen molar-refractivity contribution in [3.63, 3.8) is 0 Å². The predicted octanol–water partition coefficient (Wildman–Crippen LogP) is 3.47. The molecule has 0 saturated heterocycles. The van der Waals surface area contributed by atoms with Gasteiger partial charge in [-0.15, -0.1) is 0 Å². The summed E-state index contributed by atoms with van der Waals surface area (Å²) in [5.41, 5.74) is 1.91. The summed E-state index contributed by atoms with van der Waals surface area (Å²) in [6.07, 6.45) is 5.49. The molecule has 0 spiro atoms. The van der Waals surface area contributed by atoms with Gasteiger partial charge in [0.25, 0.3) is 0 Å². The van der Waals surface area contributed by atoms with Crippen molar-refractivity contribution >= 4 is 0 Å². The Morgan fingerprint density at radius 3 is 2.94 bits per heavy atom. The minimum atomic E-state index is 0.794. The first kappa shape index (κ1) is 13.1. The van der Waals surface area contributed by atoms with E-state index in [0.29, 0.717) is 0 Å². The van der Waals surface area contributed by atoms with Crippen molar-refractivity contribution in [2.75, 3.05) is 6.54 Å². The molecule has 2 atom stereocenters. The number of benzene rings is 1. The largest absolute Gasteiger partial charge is 0.312 e. The second kappa shape index (κ2) is 6.56. The molecule has 2 rings (SSSR count). The second-order valence-corrected chi connectivity index (χ2v) is 5.54. The molecule has 1 aromatic rings. The normalized spacial score (nSPS) is 23.6. The van der Waals surface area contributed by atoms with E-state index in [2.05, 4.69) is 18.3 Å². The van der Waals surface area contributed by atoms with Gasteiger partial charge < -0.3 is 5.32 Å². The molecule has 1 aliphatic carbocycles. The van der Waals surface area contributed by atoms with Gasteiger partial charge in [-0.3, -0.25) is 0 Å². The van der Waals surface area contributed by atoms with Crippen molar-refractivity contribution in [1.82, 2.24) is 5.32 Å². The molecule has 0 aliphatic heterocycles. The maximum atomic E-state index is 9.02. The molecule has 0 heterocycles. The van der Waals surface area contributed by atoms with Gasteiger partial charge in [-0.25, -0.2) is 0 Å². The van der Waals surface area contributed by atoms with E-state index in [0.717, 1.165) is 36.1 Å². The first-order valence-corrected chi connectivity index (χ1v) is 6.98. The molecule has 1 aliphatic rings. The average Bonchev–Trinajstić information content (AvgIpc) is 2.39. The topological polar surface area (TPSA) is 35.8 Å². The highest BCUT2D eigenvalue weighted by Crippen LogP contribution is 2.27. The zero-order valence-electron chi connectivity index (χ0n) is 11.2. The summed E-state index contributed by atoms with van der Waals surface area (Å²) in [5.74, 6) is 1.71.